The number of amides is 1. The molecule has 1 radical (unpaired) electrons. The standard InChI is InChI=1S/C17H17FNO2/c1-2-11-19(12-13-7-9-14(18)10-8-13)17(21)15-5-3-4-6-16(15)20/h3-10,20H,1-2,11-12H2. The van der Waals surface area contributed by atoms with Crippen molar-refractivity contribution in [3.63, 3.8) is 0 Å². The fraction of sp³-hybridized carbons (Fsp3) is 0.176. The van der Waals surface area contributed by atoms with E-state index in [9.17, 15) is 14.3 Å². The number of rotatable bonds is 5. The molecule has 1 N–H and O–H groups in total. The van der Waals surface area contributed by atoms with Crippen molar-refractivity contribution < 1.29 is 14.3 Å². The highest BCUT2D eigenvalue weighted by atomic mass is 19.1. The van der Waals surface area contributed by atoms with Crippen LogP contribution in [0.1, 0.15) is 22.3 Å². The maximum atomic E-state index is 12.9. The minimum absolute atomic E-state index is 0.0457. The van der Waals surface area contributed by atoms with E-state index in [0.29, 0.717) is 19.5 Å². The fourth-order valence-electron chi connectivity index (χ4n) is 2.08. The lowest BCUT2D eigenvalue weighted by molar-refractivity contribution is 0.0743. The summed E-state index contributed by atoms with van der Waals surface area (Å²) >= 11 is 0. The third kappa shape index (κ3) is 3.81. The monoisotopic (exact) mass is 286 g/mol. The molecule has 0 saturated carbocycles. The van der Waals surface area contributed by atoms with Crippen molar-refractivity contribution in [2.75, 3.05) is 6.54 Å². The molecule has 2 rings (SSSR count). The van der Waals surface area contributed by atoms with Gasteiger partial charge in [0.2, 0.25) is 0 Å². The number of carbonyl (C=O) groups excluding carboxylic acids is 1. The van der Waals surface area contributed by atoms with E-state index in [4.69, 9.17) is 0 Å². The number of hydrogen-bond acceptors (Lipinski definition) is 2. The molecule has 0 heterocycles. The third-order valence-corrected chi connectivity index (χ3v) is 3.14. The van der Waals surface area contributed by atoms with Crippen LogP contribution in [0, 0.1) is 12.7 Å². The van der Waals surface area contributed by atoms with E-state index in [0.717, 1.165) is 5.56 Å². The number of benzene rings is 2. The number of nitrogens with zero attached hydrogens (tertiary/aromatic N) is 1. The van der Waals surface area contributed by atoms with Crippen LogP contribution in [0.5, 0.6) is 5.75 Å². The van der Waals surface area contributed by atoms with Gasteiger partial charge in [0.1, 0.15) is 11.6 Å². The lowest BCUT2D eigenvalue weighted by Crippen LogP contribution is -2.31. The first-order valence-electron chi connectivity index (χ1n) is 6.73. The number of phenols is 1. The van der Waals surface area contributed by atoms with Gasteiger partial charge in [-0.05, 0) is 36.2 Å². The number of halogens is 1. The predicted molar refractivity (Wildman–Crippen MR) is 79.2 cm³/mol. The highest BCUT2D eigenvalue weighted by Crippen LogP contribution is 2.19. The van der Waals surface area contributed by atoms with Crippen molar-refractivity contribution in [1.82, 2.24) is 4.90 Å². The van der Waals surface area contributed by atoms with Gasteiger partial charge >= 0.3 is 0 Å². The average molecular weight is 286 g/mol. The summed E-state index contributed by atoms with van der Waals surface area (Å²) in [5, 5.41) is 9.79. The van der Waals surface area contributed by atoms with Crippen LogP contribution >= 0.6 is 0 Å². The minimum atomic E-state index is -0.311. The molecule has 0 aliphatic heterocycles. The molecule has 0 unspecified atom stereocenters. The van der Waals surface area contributed by atoms with Crippen LogP contribution in [0.4, 0.5) is 4.39 Å². The first-order chi connectivity index (χ1) is 10.1. The maximum absolute atomic E-state index is 12.9. The zero-order valence-electron chi connectivity index (χ0n) is 11.6. The largest absolute Gasteiger partial charge is 0.507 e. The van der Waals surface area contributed by atoms with E-state index in [-0.39, 0.29) is 23.0 Å². The van der Waals surface area contributed by atoms with Gasteiger partial charge < -0.3 is 10.0 Å². The van der Waals surface area contributed by atoms with E-state index in [2.05, 4.69) is 6.92 Å². The summed E-state index contributed by atoms with van der Waals surface area (Å²) < 4.78 is 12.9. The van der Waals surface area contributed by atoms with Crippen LogP contribution in [-0.2, 0) is 6.54 Å². The van der Waals surface area contributed by atoms with E-state index >= 15 is 0 Å². The normalized spacial score (nSPS) is 10.4. The van der Waals surface area contributed by atoms with Gasteiger partial charge in [-0.2, -0.15) is 0 Å². The summed E-state index contributed by atoms with van der Waals surface area (Å²) in [5.41, 5.74) is 1.08. The minimum Gasteiger partial charge on any atom is -0.507 e. The third-order valence-electron chi connectivity index (χ3n) is 3.14. The van der Waals surface area contributed by atoms with E-state index in [1.807, 2.05) is 0 Å². The summed E-state index contributed by atoms with van der Waals surface area (Å²) in [7, 11) is 0. The number of carbonyl (C=O) groups is 1. The van der Waals surface area contributed by atoms with E-state index < -0.39 is 0 Å². The van der Waals surface area contributed by atoms with E-state index in [1.54, 1.807) is 35.2 Å². The molecular formula is C17H17FNO2. The zero-order valence-corrected chi connectivity index (χ0v) is 11.6. The Balaban J connectivity index is 2.20. The topological polar surface area (TPSA) is 40.5 Å². The summed E-state index contributed by atoms with van der Waals surface area (Å²) in [5.74, 6) is -0.619. The lowest BCUT2D eigenvalue weighted by Gasteiger charge is -2.22. The molecule has 0 atom stereocenters. The Kier molecular flexibility index (Phi) is 4.93. The van der Waals surface area contributed by atoms with Crippen molar-refractivity contribution in [3.8, 4) is 5.75 Å². The molecule has 0 aliphatic rings. The predicted octanol–water partition coefficient (Wildman–Crippen LogP) is 3.40. The van der Waals surface area contributed by atoms with Crippen LogP contribution < -0.4 is 0 Å². The molecule has 4 heteroatoms. The second kappa shape index (κ2) is 6.88. The van der Waals surface area contributed by atoms with Crippen molar-refractivity contribution in [2.24, 2.45) is 0 Å². The maximum Gasteiger partial charge on any atom is 0.257 e. The van der Waals surface area contributed by atoms with Gasteiger partial charge in [0.05, 0.1) is 5.56 Å². The molecule has 0 fully saturated rings. The number of aromatic hydroxyl groups is 1. The Morgan fingerprint density at radius 2 is 1.81 bits per heavy atom. The SMILES string of the molecule is [CH2]CCN(Cc1ccc(F)cc1)C(=O)c1ccccc1O. The average Bonchev–Trinajstić information content (AvgIpc) is 2.49. The van der Waals surface area contributed by atoms with Gasteiger partial charge in [-0.25, -0.2) is 4.39 Å². The quantitative estimate of drug-likeness (QED) is 0.915. The molecule has 2 aromatic rings. The highest BCUT2D eigenvalue weighted by molar-refractivity contribution is 5.96. The van der Waals surface area contributed by atoms with Gasteiger partial charge in [0, 0.05) is 13.1 Å². The van der Waals surface area contributed by atoms with Crippen LogP contribution in [0.25, 0.3) is 0 Å². The first-order valence-corrected chi connectivity index (χ1v) is 6.73. The van der Waals surface area contributed by atoms with Gasteiger partial charge in [-0.15, -0.1) is 0 Å². The Labute approximate surface area is 123 Å². The van der Waals surface area contributed by atoms with Crippen LogP contribution in [-0.4, -0.2) is 22.5 Å². The molecule has 0 spiro atoms. The smallest absolute Gasteiger partial charge is 0.257 e. The van der Waals surface area contributed by atoms with Crippen LogP contribution in [0.15, 0.2) is 48.5 Å². The summed E-state index contributed by atoms with van der Waals surface area (Å²) in [6.07, 6.45) is 0.556. The van der Waals surface area contributed by atoms with Crippen LogP contribution in [0.3, 0.4) is 0 Å². The highest BCUT2D eigenvalue weighted by Gasteiger charge is 2.18. The second-order valence-electron chi connectivity index (χ2n) is 4.72. The van der Waals surface area contributed by atoms with Crippen LogP contribution in [0.2, 0.25) is 0 Å². The van der Waals surface area contributed by atoms with Gasteiger partial charge in [-0.1, -0.05) is 31.2 Å². The zero-order chi connectivity index (χ0) is 15.2. The summed E-state index contributed by atoms with van der Waals surface area (Å²) in [4.78, 5) is 14.1. The molecule has 0 aliphatic carbocycles. The Hall–Kier alpha value is -2.36. The Bertz CT molecular complexity index is 610. The Morgan fingerprint density at radius 1 is 1.14 bits per heavy atom. The molecule has 1 amide bonds. The molecule has 109 valence electrons. The molecule has 0 aromatic heterocycles. The molecule has 3 nitrogen and oxygen atoms in total. The Morgan fingerprint density at radius 3 is 2.43 bits per heavy atom. The van der Waals surface area contributed by atoms with Crippen molar-refractivity contribution in [1.29, 1.82) is 0 Å². The molecule has 0 saturated heterocycles. The number of hydrogen-bond donors (Lipinski definition) is 1. The summed E-state index contributed by atoms with van der Waals surface area (Å²) in [6, 6.07) is 12.4. The lowest BCUT2D eigenvalue weighted by atomic mass is 10.1. The molecule has 2 aromatic carbocycles. The van der Waals surface area contributed by atoms with Crippen molar-refractivity contribution in [2.45, 2.75) is 13.0 Å². The van der Waals surface area contributed by atoms with Gasteiger partial charge in [0.25, 0.3) is 5.91 Å². The number of para-hydroxylation sites is 1. The number of phenolic OH excluding ortho intramolecular Hbond substituents is 1. The first kappa shape index (κ1) is 15.0. The summed E-state index contributed by atoms with van der Waals surface area (Å²) in [6.45, 7) is 4.58. The van der Waals surface area contributed by atoms with E-state index in [1.165, 1.54) is 18.2 Å². The molecule has 0 bridgehead atoms. The van der Waals surface area contributed by atoms with Gasteiger partial charge in [0.15, 0.2) is 0 Å². The molecular weight excluding hydrogens is 269 g/mol. The second-order valence-corrected chi connectivity index (χ2v) is 4.72. The fourth-order valence-corrected chi connectivity index (χ4v) is 2.08. The van der Waals surface area contributed by atoms with Crippen molar-refractivity contribution in [3.05, 3.63) is 72.4 Å². The molecule has 21 heavy (non-hydrogen) atoms. The van der Waals surface area contributed by atoms with Gasteiger partial charge in [-0.3, -0.25) is 4.79 Å². The van der Waals surface area contributed by atoms with Crippen molar-refractivity contribution >= 4 is 5.91 Å².